The quantitative estimate of drug-likeness (QED) is 0.771. The number of carbonyl (C=O) groups is 2. The fraction of sp³-hybridized carbons (Fsp3) is 0.333. The number of benzene rings is 1. The first-order chi connectivity index (χ1) is 8.40. The lowest BCUT2D eigenvalue weighted by Crippen LogP contribution is -2.41. The standard InChI is InChI=1S/C12H16BrN3O2.ClH/c1-7-5-9(13)3-4-10(7)16-11(17)6-15-12(18)8(2)14;/h3-5,8H,6,14H2,1-2H3,(H,15,18)(H,16,17);1H. The summed E-state index contributed by atoms with van der Waals surface area (Å²) in [5.41, 5.74) is 7.03. The molecule has 1 aromatic carbocycles. The Kier molecular flexibility index (Phi) is 7.66. The summed E-state index contributed by atoms with van der Waals surface area (Å²) >= 11 is 3.34. The van der Waals surface area contributed by atoms with Crippen LogP contribution in [-0.2, 0) is 9.59 Å². The van der Waals surface area contributed by atoms with E-state index in [1.165, 1.54) is 0 Å². The molecule has 0 spiro atoms. The smallest absolute Gasteiger partial charge is 0.243 e. The van der Waals surface area contributed by atoms with Crippen molar-refractivity contribution in [1.29, 1.82) is 0 Å². The van der Waals surface area contributed by atoms with Gasteiger partial charge in [-0.3, -0.25) is 9.59 Å². The number of anilines is 1. The summed E-state index contributed by atoms with van der Waals surface area (Å²) in [6.45, 7) is 3.36. The molecule has 4 N–H and O–H groups in total. The third-order valence-electron chi connectivity index (χ3n) is 2.30. The predicted octanol–water partition coefficient (Wildman–Crippen LogP) is 1.58. The van der Waals surface area contributed by atoms with E-state index in [0.29, 0.717) is 0 Å². The largest absolute Gasteiger partial charge is 0.346 e. The van der Waals surface area contributed by atoms with Crippen LogP contribution in [-0.4, -0.2) is 24.4 Å². The second-order valence-corrected chi connectivity index (χ2v) is 4.93. The number of nitrogens with two attached hydrogens (primary N) is 1. The number of hydrogen-bond donors (Lipinski definition) is 3. The molecule has 0 saturated carbocycles. The van der Waals surface area contributed by atoms with Gasteiger partial charge < -0.3 is 16.4 Å². The fourth-order valence-corrected chi connectivity index (χ4v) is 1.77. The molecule has 0 aliphatic rings. The number of aryl methyl sites for hydroxylation is 1. The molecule has 0 aromatic heterocycles. The number of halogens is 2. The molecule has 0 aliphatic heterocycles. The van der Waals surface area contributed by atoms with Gasteiger partial charge in [0.2, 0.25) is 11.8 Å². The number of hydrogen-bond acceptors (Lipinski definition) is 3. The maximum Gasteiger partial charge on any atom is 0.243 e. The molecule has 0 saturated heterocycles. The van der Waals surface area contributed by atoms with Gasteiger partial charge in [-0.2, -0.15) is 0 Å². The number of rotatable bonds is 4. The van der Waals surface area contributed by atoms with Crippen LogP contribution in [0.5, 0.6) is 0 Å². The van der Waals surface area contributed by atoms with Gasteiger partial charge >= 0.3 is 0 Å². The maximum atomic E-state index is 11.6. The van der Waals surface area contributed by atoms with E-state index >= 15 is 0 Å². The Morgan fingerprint density at radius 1 is 1.42 bits per heavy atom. The highest BCUT2D eigenvalue weighted by Gasteiger charge is 2.10. The van der Waals surface area contributed by atoms with Gasteiger partial charge in [-0.15, -0.1) is 12.4 Å². The molecule has 5 nitrogen and oxygen atoms in total. The number of nitrogens with one attached hydrogen (secondary N) is 2. The Balaban J connectivity index is 0.00000324. The highest BCUT2D eigenvalue weighted by atomic mass is 79.9. The summed E-state index contributed by atoms with van der Waals surface area (Å²) in [6.07, 6.45) is 0. The van der Waals surface area contributed by atoms with Crippen molar-refractivity contribution >= 4 is 45.8 Å². The molecule has 0 aliphatic carbocycles. The van der Waals surface area contributed by atoms with E-state index in [1.54, 1.807) is 13.0 Å². The van der Waals surface area contributed by atoms with Crippen LogP contribution < -0.4 is 16.4 Å². The van der Waals surface area contributed by atoms with Gasteiger partial charge in [-0.25, -0.2) is 0 Å². The lowest BCUT2D eigenvalue weighted by Gasteiger charge is -2.10. The first-order valence-corrected chi connectivity index (χ1v) is 6.28. The minimum Gasteiger partial charge on any atom is -0.346 e. The van der Waals surface area contributed by atoms with Crippen LogP contribution in [0.25, 0.3) is 0 Å². The predicted molar refractivity (Wildman–Crippen MR) is 81.4 cm³/mol. The molecular formula is C12H17BrClN3O2. The van der Waals surface area contributed by atoms with Crippen molar-refractivity contribution in [3.8, 4) is 0 Å². The molecule has 1 unspecified atom stereocenters. The number of amides is 2. The Bertz CT molecular complexity index is 466. The van der Waals surface area contributed by atoms with E-state index in [2.05, 4.69) is 26.6 Å². The molecule has 1 rings (SSSR count). The summed E-state index contributed by atoms with van der Waals surface area (Å²) < 4.78 is 0.947. The minimum absolute atomic E-state index is 0. The summed E-state index contributed by atoms with van der Waals surface area (Å²) in [5.74, 6) is -0.632. The minimum atomic E-state index is -0.618. The van der Waals surface area contributed by atoms with Gasteiger partial charge in [0.05, 0.1) is 12.6 Å². The van der Waals surface area contributed by atoms with Crippen LogP contribution in [0.15, 0.2) is 22.7 Å². The zero-order chi connectivity index (χ0) is 13.7. The van der Waals surface area contributed by atoms with Crippen molar-refractivity contribution < 1.29 is 9.59 Å². The van der Waals surface area contributed by atoms with Gasteiger partial charge in [0.1, 0.15) is 0 Å². The SMILES string of the molecule is Cc1cc(Br)ccc1NC(=O)CNC(=O)C(C)N.Cl. The van der Waals surface area contributed by atoms with Crippen LogP contribution in [0.3, 0.4) is 0 Å². The van der Waals surface area contributed by atoms with Crippen molar-refractivity contribution in [3.63, 3.8) is 0 Å². The third-order valence-corrected chi connectivity index (χ3v) is 2.79. The van der Waals surface area contributed by atoms with Gasteiger partial charge in [-0.05, 0) is 37.6 Å². The Hall–Kier alpha value is -1.11. The first-order valence-electron chi connectivity index (χ1n) is 5.49. The molecular weight excluding hydrogens is 334 g/mol. The van der Waals surface area contributed by atoms with Gasteiger partial charge in [0.25, 0.3) is 0 Å². The normalized spacial score (nSPS) is 11.2. The van der Waals surface area contributed by atoms with Crippen LogP contribution in [0, 0.1) is 6.92 Å². The lowest BCUT2D eigenvalue weighted by atomic mass is 10.2. The molecule has 19 heavy (non-hydrogen) atoms. The lowest BCUT2D eigenvalue weighted by molar-refractivity contribution is -0.124. The average molecular weight is 351 g/mol. The second-order valence-electron chi connectivity index (χ2n) is 4.01. The van der Waals surface area contributed by atoms with Crippen molar-refractivity contribution in [2.24, 2.45) is 5.73 Å². The van der Waals surface area contributed by atoms with E-state index in [9.17, 15) is 9.59 Å². The summed E-state index contributed by atoms with van der Waals surface area (Å²) in [7, 11) is 0. The van der Waals surface area contributed by atoms with Gasteiger partial charge in [0.15, 0.2) is 0 Å². The molecule has 7 heteroatoms. The fourth-order valence-electron chi connectivity index (χ4n) is 1.29. The maximum absolute atomic E-state index is 11.6. The topological polar surface area (TPSA) is 84.2 Å². The summed E-state index contributed by atoms with van der Waals surface area (Å²) in [4.78, 5) is 22.8. The Morgan fingerprint density at radius 3 is 2.58 bits per heavy atom. The van der Waals surface area contributed by atoms with Gasteiger partial charge in [0, 0.05) is 10.2 Å². The molecule has 0 fully saturated rings. The van der Waals surface area contributed by atoms with E-state index in [1.807, 2.05) is 19.1 Å². The first kappa shape index (κ1) is 17.9. The molecule has 0 heterocycles. The van der Waals surface area contributed by atoms with E-state index in [-0.39, 0.29) is 30.8 Å². The molecule has 1 aromatic rings. The molecule has 0 radical (unpaired) electrons. The van der Waals surface area contributed by atoms with Gasteiger partial charge in [-0.1, -0.05) is 15.9 Å². The zero-order valence-electron chi connectivity index (χ0n) is 10.7. The highest BCUT2D eigenvalue weighted by Crippen LogP contribution is 2.19. The van der Waals surface area contributed by atoms with E-state index < -0.39 is 6.04 Å². The second kappa shape index (κ2) is 8.14. The molecule has 1 atom stereocenters. The summed E-state index contributed by atoms with van der Waals surface area (Å²) in [5, 5.41) is 5.16. The monoisotopic (exact) mass is 349 g/mol. The van der Waals surface area contributed by atoms with E-state index in [4.69, 9.17) is 5.73 Å². The highest BCUT2D eigenvalue weighted by molar-refractivity contribution is 9.10. The number of carbonyl (C=O) groups excluding carboxylic acids is 2. The average Bonchev–Trinajstić information content (AvgIpc) is 2.29. The van der Waals surface area contributed by atoms with Crippen molar-refractivity contribution in [2.45, 2.75) is 19.9 Å². The molecule has 106 valence electrons. The summed E-state index contributed by atoms with van der Waals surface area (Å²) in [6, 6.07) is 4.91. The molecule has 0 bridgehead atoms. The third kappa shape index (κ3) is 6.04. The Labute approximate surface area is 126 Å². The van der Waals surface area contributed by atoms with Crippen LogP contribution >= 0.6 is 28.3 Å². The van der Waals surface area contributed by atoms with Crippen LogP contribution in [0.2, 0.25) is 0 Å². The van der Waals surface area contributed by atoms with Crippen LogP contribution in [0.1, 0.15) is 12.5 Å². The Morgan fingerprint density at radius 2 is 2.05 bits per heavy atom. The van der Waals surface area contributed by atoms with Crippen molar-refractivity contribution in [3.05, 3.63) is 28.2 Å². The van der Waals surface area contributed by atoms with Crippen LogP contribution in [0.4, 0.5) is 5.69 Å². The van der Waals surface area contributed by atoms with Crippen molar-refractivity contribution in [2.75, 3.05) is 11.9 Å². The zero-order valence-corrected chi connectivity index (χ0v) is 13.1. The van der Waals surface area contributed by atoms with Crippen molar-refractivity contribution in [1.82, 2.24) is 5.32 Å². The molecule has 2 amide bonds. The van der Waals surface area contributed by atoms with E-state index in [0.717, 1.165) is 15.7 Å².